The minimum atomic E-state index is -0.656. The van der Waals surface area contributed by atoms with Crippen LogP contribution in [0.5, 0.6) is 11.5 Å². The maximum absolute atomic E-state index is 12.3. The summed E-state index contributed by atoms with van der Waals surface area (Å²) in [6.07, 6.45) is 3.84. The van der Waals surface area contributed by atoms with Crippen LogP contribution >= 0.6 is 0 Å². The van der Waals surface area contributed by atoms with Crippen LogP contribution in [0.3, 0.4) is 0 Å². The minimum absolute atomic E-state index is 0.220. The van der Waals surface area contributed by atoms with Gasteiger partial charge in [0.2, 0.25) is 11.5 Å². The Kier molecular flexibility index (Phi) is 6.96. The number of nitrogens with one attached hydrogen (secondary N) is 1. The summed E-state index contributed by atoms with van der Waals surface area (Å²) < 4.78 is 12.1. The molecular formula is C22H20N4O6. The molecule has 3 rings (SSSR count). The Balaban J connectivity index is 1.66. The number of para-hydroxylation sites is 1. The van der Waals surface area contributed by atoms with Gasteiger partial charge >= 0.3 is 5.69 Å². The lowest BCUT2D eigenvalue weighted by molar-refractivity contribution is -0.385. The van der Waals surface area contributed by atoms with Crippen LogP contribution in [0.25, 0.3) is 6.08 Å². The van der Waals surface area contributed by atoms with E-state index >= 15 is 0 Å². The number of aryl methyl sites for hydroxylation is 1. The third kappa shape index (κ3) is 5.57. The molecule has 10 nitrogen and oxygen atoms in total. The number of ether oxygens (including phenoxy) is 2. The topological polar surface area (TPSA) is 126 Å². The molecule has 32 heavy (non-hydrogen) atoms. The van der Waals surface area contributed by atoms with Crippen LogP contribution in [-0.2, 0) is 11.8 Å². The molecule has 1 heterocycles. The highest BCUT2D eigenvalue weighted by atomic mass is 16.6. The van der Waals surface area contributed by atoms with E-state index in [1.165, 1.54) is 37.2 Å². The van der Waals surface area contributed by atoms with Crippen molar-refractivity contribution in [2.75, 3.05) is 19.0 Å². The van der Waals surface area contributed by atoms with Crippen molar-refractivity contribution in [3.05, 3.63) is 82.2 Å². The summed E-state index contributed by atoms with van der Waals surface area (Å²) in [4.78, 5) is 34.8. The van der Waals surface area contributed by atoms with E-state index in [1.54, 1.807) is 30.3 Å². The van der Waals surface area contributed by atoms with Crippen LogP contribution in [-0.4, -0.2) is 40.1 Å². The Labute approximate surface area is 183 Å². The van der Waals surface area contributed by atoms with Gasteiger partial charge in [-0.25, -0.2) is 0 Å². The smallest absolute Gasteiger partial charge is 0.318 e. The van der Waals surface area contributed by atoms with Crippen LogP contribution < -0.4 is 14.8 Å². The Hall–Kier alpha value is -4.47. The Morgan fingerprint density at radius 1 is 1.19 bits per heavy atom. The number of hydrogen-bond donors (Lipinski definition) is 1. The zero-order valence-corrected chi connectivity index (χ0v) is 17.3. The molecule has 2 aromatic carbocycles. The predicted octanol–water partition coefficient (Wildman–Crippen LogP) is 3.25. The van der Waals surface area contributed by atoms with Gasteiger partial charge in [-0.1, -0.05) is 30.3 Å². The second-order valence-corrected chi connectivity index (χ2v) is 6.60. The van der Waals surface area contributed by atoms with Crippen LogP contribution in [0.1, 0.15) is 16.1 Å². The molecule has 0 unspecified atom stereocenters. The highest BCUT2D eigenvalue weighted by Gasteiger charge is 2.23. The van der Waals surface area contributed by atoms with E-state index < -0.39 is 10.7 Å². The second kappa shape index (κ2) is 10.0. The highest BCUT2D eigenvalue weighted by Crippen LogP contribution is 2.29. The third-order valence-corrected chi connectivity index (χ3v) is 4.27. The van der Waals surface area contributed by atoms with Crippen LogP contribution in [0.15, 0.2) is 60.8 Å². The number of ketones is 1. The molecule has 0 fully saturated rings. The van der Waals surface area contributed by atoms with Gasteiger partial charge in [-0.2, -0.15) is 5.10 Å². The van der Waals surface area contributed by atoms with E-state index in [-0.39, 0.29) is 23.9 Å². The van der Waals surface area contributed by atoms with Gasteiger partial charge in [0, 0.05) is 12.7 Å². The Morgan fingerprint density at radius 3 is 2.62 bits per heavy atom. The summed E-state index contributed by atoms with van der Waals surface area (Å²) in [5.41, 5.74) is 0.642. The molecule has 10 heteroatoms. The maximum Gasteiger partial charge on any atom is 0.318 e. The van der Waals surface area contributed by atoms with Gasteiger partial charge in [-0.15, -0.1) is 0 Å². The average Bonchev–Trinajstić information content (AvgIpc) is 3.19. The van der Waals surface area contributed by atoms with Gasteiger partial charge in [0.15, 0.2) is 18.1 Å². The van der Waals surface area contributed by atoms with Gasteiger partial charge in [0.1, 0.15) is 6.20 Å². The first-order valence-electron chi connectivity index (χ1n) is 9.43. The molecule has 0 saturated carbocycles. The van der Waals surface area contributed by atoms with Crippen molar-refractivity contribution in [3.63, 3.8) is 0 Å². The van der Waals surface area contributed by atoms with E-state index in [1.807, 2.05) is 18.2 Å². The van der Waals surface area contributed by atoms with E-state index in [0.717, 1.165) is 0 Å². The van der Waals surface area contributed by atoms with Gasteiger partial charge in [-0.3, -0.25) is 24.4 Å². The summed E-state index contributed by atoms with van der Waals surface area (Å²) in [5.74, 6) is -0.227. The molecule has 0 atom stereocenters. The quantitative estimate of drug-likeness (QED) is 0.236. The first-order chi connectivity index (χ1) is 15.4. The van der Waals surface area contributed by atoms with Crippen molar-refractivity contribution in [2.24, 2.45) is 7.05 Å². The van der Waals surface area contributed by atoms with Crippen molar-refractivity contribution in [2.45, 2.75) is 0 Å². The molecule has 1 N–H and O–H groups in total. The van der Waals surface area contributed by atoms with E-state index in [4.69, 9.17) is 9.47 Å². The Bertz CT molecular complexity index is 1170. The molecule has 0 saturated heterocycles. The molecule has 1 amide bonds. The lowest BCUT2D eigenvalue weighted by atomic mass is 10.1. The molecule has 0 bridgehead atoms. The largest absolute Gasteiger partial charge is 0.493 e. The van der Waals surface area contributed by atoms with Gasteiger partial charge < -0.3 is 14.8 Å². The molecule has 164 valence electrons. The summed E-state index contributed by atoms with van der Waals surface area (Å²) in [6, 6.07) is 13.9. The predicted molar refractivity (Wildman–Crippen MR) is 117 cm³/mol. The molecule has 0 aliphatic rings. The standard InChI is InChI=1S/C22H20N4O6/c1-25-13-17(26(29)30)22(24-25)18(27)10-8-15-9-11-19(20(12-15)31-2)32-14-21(28)23-16-6-4-3-5-7-16/h3-13H,14H2,1-2H3,(H,23,28)/b10-8+. The molecule has 0 spiro atoms. The van der Waals surface area contributed by atoms with Crippen molar-refractivity contribution in [3.8, 4) is 11.5 Å². The molecule has 0 aliphatic heterocycles. The normalized spacial score (nSPS) is 10.7. The number of rotatable bonds is 9. The fourth-order valence-electron chi connectivity index (χ4n) is 2.80. The molecule has 0 aliphatic carbocycles. The number of nitrogens with zero attached hydrogens (tertiary/aromatic N) is 3. The monoisotopic (exact) mass is 436 g/mol. The van der Waals surface area contributed by atoms with Crippen molar-refractivity contribution in [1.29, 1.82) is 0 Å². The fraction of sp³-hybridized carbons (Fsp3) is 0.136. The molecule has 3 aromatic rings. The number of nitro groups is 1. The number of anilines is 1. The molecule has 0 radical (unpaired) electrons. The minimum Gasteiger partial charge on any atom is -0.493 e. The summed E-state index contributed by atoms with van der Waals surface area (Å²) >= 11 is 0. The van der Waals surface area contributed by atoms with Gasteiger partial charge in [0.25, 0.3) is 5.91 Å². The number of carbonyl (C=O) groups excluding carboxylic acids is 2. The zero-order chi connectivity index (χ0) is 23.1. The number of benzene rings is 2. The highest BCUT2D eigenvalue weighted by molar-refractivity contribution is 6.08. The van der Waals surface area contributed by atoms with Gasteiger partial charge in [-0.05, 0) is 35.9 Å². The number of carbonyl (C=O) groups is 2. The number of hydrogen-bond acceptors (Lipinski definition) is 7. The lowest BCUT2D eigenvalue weighted by Crippen LogP contribution is -2.20. The Morgan fingerprint density at radius 2 is 1.94 bits per heavy atom. The molecular weight excluding hydrogens is 416 g/mol. The summed E-state index contributed by atoms with van der Waals surface area (Å²) in [5, 5.41) is 17.6. The average molecular weight is 436 g/mol. The van der Waals surface area contributed by atoms with E-state index in [2.05, 4.69) is 10.4 Å². The molecule has 1 aromatic heterocycles. The van der Waals surface area contributed by atoms with Crippen LogP contribution in [0, 0.1) is 10.1 Å². The summed E-state index contributed by atoms with van der Waals surface area (Å²) in [6.45, 7) is -0.220. The van der Waals surface area contributed by atoms with Crippen molar-refractivity contribution in [1.82, 2.24) is 9.78 Å². The third-order valence-electron chi connectivity index (χ3n) is 4.27. The van der Waals surface area contributed by atoms with E-state index in [0.29, 0.717) is 22.7 Å². The zero-order valence-electron chi connectivity index (χ0n) is 17.3. The lowest BCUT2D eigenvalue weighted by Gasteiger charge is -2.11. The maximum atomic E-state index is 12.3. The number of allylic oxidation sites excluding steroid dienone is 1. The first-order valence-corrected chi connectivity index (χ1v) is 9.43. The number of aromatic nitrogens is 2. The SMILES string of the molecule is COc1cc(/C=C/C(=O)c2nn(C)cc2[N+](=O)[O-])ccc1OCC(=O)Nc1ccccc1. The fourth-order valence-corrected chi connectivity index (χ4v) is 2.80. The number of amides is 1. The van der Waals surface area contributed by atoms with Crippen molar-refractivity contribution >= 4 is 29.1 Å². The van der Waals surface area contributed by atoms with Crippen LogP contribution in [0.4, 0.5) is 11.4 Å². The van der Waals surface area contributed by atoms with E-state index in [9.17, 15) is 19.7 Å². The second-order valence-electron chi connectivity index (χ2n) is 6.60. The first kappa shape index (κ1) is 22.2. The van der Waals surface area contributed by atoms with Crippen molar-refractivity contribution < 1.29 is 24.0 Å². The summed E-state index contributed by atoms with van der Waals surface area (Å²) in [7, 11) is 2.94. The van der Waals surface area contributed by atoms with Crippen LogP contribution in [0.2, 0.25) is 0 Å². The number of methoxy groups -OCH3 is 1. The van der Waals surface area contributed by atoms with Gasteiger partial charge in [0.05, 0.1) is 12.0 Å².